The van der Waals surface area contributed by atoms with Gasteiger partial charge in [0, 0.05) is 68.9 Å². The molecule has 8 nitrogen and oxygen atoms in total. The van der Waals surface area contributed by atoms with Crippen LogP contribution in [0, 0.1) is 12.8 Å². The Kier molecular flexibility index (Phi) is 10.7. The SMILES string of the molecule is CCN(c1cc(-c2ccc(CN3CCCN(C)CC3)cc2)cc(C(=O)NCC2C(=O)N=C(C)C=C2C)c1C)C1CCOCC1. The van der Waals surface area contributed by atoms with Gasteiger partial charge >= 0.3 is 0 Å². The second-order valence-corrected chi connectivity index (χ2v) is 12.7. The minimum absolute atomic E-state index is 0.164. The van der Waals surface area contributed by atoms with Gasteiger partial charge in [-0.05, 0) is 108 Å². The maximum atomic E-state index is 13.8. The normalized spacial score (nSPS) is 20.6. The first-order chi connectivity index (χ1) is 21.2. The first kappa shape index (κ1) is 32.1. The molecule has 2 aromatic carbocycles. The van der Waals surface area contributed by atoms with Gasteiger partial charge < -0.3 is 19.9 Å². The fraction of sp³-hybridized carbons (Fsp3) is 0.528. The molecule has 0 spiro atoms. The fourth-order valence-electron chi connectivity index (χ4n) is 6.79. The highest BCUT2D eigenvalue weighted by molar-refractivity contribution is 6.06. The molecule has 0 aliphatic carbocycles. The number of hydrogen-bond donors (Lipinski definition) is 1. The van der Waals surface area contributed by atoms with Crippen LogP contribution in [-0.2, 0) is 16.1 Å². The van der Waals surface area contributed by atoms with Crippen LogP contribution in [0.2, 0.25) is 0 Å². The van der Waals surface area contributed by atoms with Crippen molar-refractivity contribution in [2.24, 2.45) is 10.9 Å². The molecule has 2 aromatic rings. The fourth-order valence-corrected chi connectivity index (χ4v) is 6.79. The molecule has 44 heavy (non-hydrogen) atoms. The lowest BCUT2D eigenvalue weighted by Crippen LogP contribution is -2.40. The Bertz CT molecular complexity index is 1390. The van der Waals surface area contributed by atoms with Gasteiger partial charge in [0.15, 0.2) is 0 Å². The smallest absolute Gasteiger partial charge is 0.254 e. The van der Waals surface area contributed by atoms with Crippen molar-refractivity contribution < 1.29 is 14.3 Å². The number of dihydropyridines is 1. The predicted molar refractivity (Wildman–Crippen MR) is 179 cm³/mol. The van der Waals surface area contributed by atoms with Crippen molar-refractivity contribution in [3.63, 3.8) is 0 Å². The summed E-state index contributed by atoms with van der Waals surface area (Å²) in [6.07, 6.45) is 5.05. The van der Waals surface area contributed by atoms with Crippen molar-refractivity contribution in [2.75, 3.05) is 64.4 Å². The van der Waals surface area contributed by atoms with Crippen LogP contribution in [0.4, 0.5) is 5.69 Å². The molecule has 3 aliphatic rings. The summed E-state index contributed by atoms with van der Waals surface area (Å²) in [6, 6.07) is 13.5. The Morgan fingerprint density at radius 2 is 1.77 bits per heavy atom. The molecule has 0 bridgehead atoms. The number of carbonyl (C=O) groups is 2. The lowest BCUT2D eigenvalue weighted by atomic mass is 9.94. The Labute approximate surface area is 263 Å². The van der Waals surface area contributed by atoms with Crippen LogP contribution in [0.1, 0.15) is 61.5 Å². The molecule has 3 aliphatic heterocycles. The van der Waals surface area contributed by atoms with Crippen molar-refractivity contribution in [3.8, 4) is 11.1 Å². The van der Waals surface area contributed by atoms with Gasteiger partial charge in [-0.1, -0.05) is 29.8 Å². The summed E-state index contributed by atoms with van der Waals surface area (Å²) in [7, 11) is 2.20. The molecule has 5 rings (SSSR count). The van der Waals surface area contributed by atoms with Gasteiger partial charge in [-0.3, -0.25) is 14.5 Å². The highest BCUT2D eigenvalue weighted by Crippen LogP contribution is 2.34. The predicted octanol–water partition coefficient (Wildman–Crippen LogP) is 5.10. The zero-order valence-electron chi connectivity index (χ0n) is 27.2. The zero-order chi connectivity index (χ0) is 31.2. The van der Waals surface area contributed by atoms with Crippen molar-refractivity contribution in [1.82, 2.24) is 15.1 Å². The lowest BCUT2D eigenvalue weighted by Gasteiger charge is -2.37. The molecule has 0 aromatic heterocycles. The monoisotopic (exact) mass is 599 g/mol. The minimum atomic E-state index is -0.433. The van der Waals surface area contributed by atoms with E-state index in [2.05, 4.69) is 69.3 Å². The summed E-state index contributed by atoms with van der Waals surface area (Å²) in [5.41, 5.74) is 7.75. The summed E-state index contributed by atoms with van der Waals surface area (Å²) in [6.45, 7) is 16.0. The number of amides is 2. The summed E-state index contributed by atoms with van der Waals surface area (Å²) in [4.78, 5) is 37.9. The maximum absolute atomic E-state index is 13.8. The number of nitrogens with one attached hydrogen (secondary N) is 1. The van der Waals surface area contributed by atoms with E-state index in [0.717, 1.165) is 93.3 Å². The Hall–Kier alpha value is -3.33. The number of anilines is 1. The van der Waals surface area contributed by atoms with E-state index in [1.54, 1.807) is 0 Å². The topological polar surface area (TPSA) is 77.5 Å². The van der Waals surface area contributed by atoms with Crippen LogP contribution >= 0.6 is 0 Å². The third-order valence-corrected chi connectivity index (χ3v) is 9.45. The molecular weight excluding hydrogens is 550 g/mol. The van der Waals surface area contributed by atoms with Crippen LogP contribution in [0.15, 0.2) is 53.0 Å². The van der Waals surface area contributed by atoms with E-state index >= 15 is 0 Å². The Morgan fingerprint density at radius 3 is 2.48 bits per heavy atom. The van der Waals surface area contributed by atoms with Gasteiger partial charge in [-0.2, -0.15) is 0 Å². The van der Waals surface area contributed by atoms with Gasteiger partial charge in [0.25, 0.3) is 11.8 Å². The third-order valence-electron chi connectivity index (χ3n) is 9.45. The van der Waals surface area contributed by atoms with E-state index in [-0.39, 0.29) is 18.4 Å². The number of carbonyl (C=O) groups excluding carboxylic acids is 2. The van der Waals surface area contributed by atoms with E-state index in [4.69, 9.17) is 4.74 Å². The Morgan fingerprint density at radius 1 is 1.02 bits per heavy atom. The molecule has 1 unspecified atom stereocenters. The zero-order valence-corrected chi connectivity index (χ0v) is 27.2. The van der Waals surface area contributed by atoms with Gasteiger partial charge in [0.2, 0.25) is 0 Å². The largest absolute Gasteiger partial charge is 0.381 e. The average Bonchev–Trinajstić information content (AvgIpc) is 3.22. The molecular formula is C36H49N5O3. The van der Waals surface area contributed by atoms with E-state index < -0.39 is 5.92 Å². The van der Waals surface area contributed by atoms with Crippen LogP contribution in [0.3, 0.4) is 0 Å². The van der Waals surface area contributed by atoms with E-state index in [9.17, 15) is 9.59 Å². The first-order valence-electron chi connectivity index (χ1n) is 16.3. The molecule has 0 radical (unpaired) electrons. The second kappa shape index (κ2) is 14.6. The first-order valence-corrected chi connectivity index (χ1v) is 16.3. The maximum Gasteiger partial charge on any atom is 0.254 e. The molecule has 1 N–H and O–H groups in total. The van der Waals surface area contributed by atoms with Gasteiger partial charge in [0.1, 0.15) is 0 Å². The Balaban J connectivity index is 1.42. The van der Waals surface area contributed by atoms with Crippen LogP contribution in [0.25, 0.3) is 11.1 Å². The molecule has 2 fully saturated rings. The highest BCUT2D eigenvalue weighted by Gasteiger charge is 2.27. The minimum Gasteiger partial charge on any atom is -0.381 e. The number of nitrogens with zero attached hydrogens (tertiary/aromatic N) is 4. The number of ether oxygens (including phenoxy) is 1. The molecule has 236 valence electrons. The highest BCUT2D eigenvalue weighted by atomic mass is 16.5. The average molecular weight is 600 g/mol. The standard InChI is InChI=1S/C36H49N5O3/c1-6-41(31-12-18-44-19-13-31)34-22-30(29-10-8-28(9-11-29)24-40-15-7-14-39(5)16-17-40)21-32(27(34)4)35(42)37-23-33-25(2)20-26(3)38-36(33)43/h8-11,20-22,31,33H,6-7,12-19,23-24H2,1-5H3,(H,37,42). The van der Waals surface area contributed by atoms with Crippen LogP contribution < -0.4 is 10.2 Å². The van der Waals surface area contributed by atoms with Crippen molar-refractivity contribution >= 4 is 23.2 Å². The van der Waals surface area contributed by atoms with Gasteiger partial charge in [-0.15, -0.1) is 0 Å². The van der Waals surface area contributed by atoms with Crippen LogP contribution in [-0.4, -0.2) is 92.9 Å². The molecule has 2 amide bonds. The second-order valence-electron chi connectivity index (χ2n) is 12.7. The lowest BCUT2D eigenvalue weighted by molar-refractivity contribution is -0.120. The number of aliphatic imine (C=N–C) groups is 1. The van der Waals surface area contributed by atoms with Gasteiger partial charge in [-0.25, -0.2) is 4.99 Å². The summed E-state index contributed by atoms with van der Waals surface area (Å²) in [5, 5.41) is 3.07. The summed E-state index contributed by atoms with van der Waals surface area (Å²) >= 11 is 0. The number of allylic oxidation sites excluding steroid dienone is 1. The molecule has 2 saturated heterocycles. The summed E-state index contributed by atoms with van der Waals surface area (Å²) < 4.78 is 5.67. The quantitative estimate of drug-likeness (QED) is 0.432. The number of likely N-dealkylation sites (N-methyl/N-ethyl adjacent to an activating group) is 1. The van der Waals surface area contributed by atoms with Crippen molar-refractivity contribution in [1.29, 1.82) is 0 Å². The molecule has 3 heterocycles. The summed E-state index contributed by atoms with van der Waals surface area (Å²) in [5.74, 6) is -0.793. The van der Waals surface area contributed by atoms with E-state index in [0.29, 0.717) is 17.3 Å². The number of hydrogen-bond acceptors (Lipinski definition) is 6. The number of benzene rings is 2. The van der Waals surface area contributed by atoms with E-state index in [1.807, 2.05) is 32.9 Å². The van der Waals surface area contributed by atoms with Crippen molar-refractivity contribution in [2.45, 2.75) is 59.5 Å². The van der Waals surface area contributed by atoms with Gasteiger partial charge in [0.05, 0.1) is 5.92 Å². The van der Waals surface area contributed by atoms with Crippen LogP contribution in [0.5, 0.6) is 0 Å². The van der Waals surface area contributed by atoms with E-state index in [1.165, 1.54) is 12.0 Å². The van der Waals surface area contributed by atoms with Crippen molar-refractivity contribution in [3.05, 3.63) is 64.7 Å². The molecule has 1 atom stereocenters. The third kappa shape index (κ3) is 7.65. The number of rotatable bonds is 9. The molecule has 0 saturated carbocycles. The molecule has 8 heteroatoms.